The molecule has 0 saturated heterocycles. The number of hydrogen-bond donors (Lipinski definition) is 1. The quantitative estimate of drug-likeness (QED) is 0.619. The highest BCUT2D eigenvalue weighted by Gasteiger charge is 2.34. The van der Waals surface area contributed by atoms with Gasteiger partial charge >= 0.3 is 6.18 Å². The van der Waals surface area contributed by atoms with Crippen molar-refractivity contribution in [2.75, 3.05) is 0 Å². The standard InChI is InChI=1S/C23H18F3N5O/c1-13(20-21(29-7-6-28-20)19-5-2-14(11-27)12-30-19)31-22(32)17-8-16(15-3-4-15)9-18(10-17)23(24,25)26/h2,5-10,12-13,15H,3-4H2,1H3,(H,31,32). The summed E-state index contributed by atoms with van der Waals surface area (Å²) in [6.45, 7) is 1.67. The molecule has 1 unspecified atom stereocenters. The maximum atomic E-state index is 13.3. The number of carbonyl (C=O) groups excluding carboxylic acids is 1. The van der Waals surface area contributed by atoms with Gasteiger partial charge in [-0.3, -0.25) is 19.7 Å². The van der Waals surface area contributed by atoms with Crippen molar-refractivity contribution in [1.82, 2.24) is 20.3 Å². The molecule has 6 nitrogen and oxygen atoms in total. The third-order valence-electron chi connectivity index (χ3n) is 5.21. The molecule has 0 radical (unpaired) electrons. The minimum Gasteiger partial charge on any atom is -0.344 e. The Balaban J connectivity index is 1.61. The summed E-state index contributed by atoms with van der Waals surface area (Å²) in [6.07, 6.45) is 1.44. The van der Waals surface area contributed by atoms with E-state index in [9.17, 15) is 18.0 Å². The number of halogens is 3. The fourth-order valence-corrected chi connectivity index (χ4v) is 3.41. The maximum Gasteiger partial charge on any atom is 0.416 e. The van der Waals surface area contributed by atoms with Crippen molar-refractivity contribution >= 4 is 5.91 Å². The monoisotopic (exact) mass is 437 g/mol. The van der Waals surface area contributed by atoms with Crippen LogP contribution in [-0.4, -0.2) is 20.9 Å². The topological polar surface area (TPSA) is 91.6 Å². The molecule has 4 rings (SSSR count). The number of nitrogens with one attached hydrogen (secondary N) is 1. The third-order valence-corrected chi connectivity index (χ3v) is 5.21. The van der Waals surface area contributed by atoms with Crippen LogP contribution in [0.4, 0.5) is 13.2 Å². The van der Waals surface area contributed by atoms with Crippen LogP contribution < -0.4 is 5.32 Å². The van der Waals surface area contributed by atoms with Crippen LogP contribution in [-0.2, 0) is 6.18 Å². The van der Waals surface area contributed by atoms with Crippen molar-refractivity contribution in [2.45, 2.75) is 37.9 Å². The number of carbonyl (C=O) groups is 1. The van der Waals surface area contributed by atoms with Crippen LogP contribution in [0, 0.1) is 11.3 Å². The zero-order chi connectivity index (χ0) is 22.9. The zero-order valence-electron chi connectivity index (χ0n) is 17.0. The Labute approximate surface area is 182 Å². The predicted octanol–water partition coefficient (Wildman–Crippen LogP) is 4.80. The molecule has 9 heteroatoms. The average Bonchev–Trinajstić information content (AvgIpc) is 3.64. The highest BCUT2D eigenvalue weighted by Crippen LogP contribution is 2.42. The fourth-order valence-electron chi connectivity index (χ4n) is 3.41. The largest absolute Gasteiger partial charge is 0.416 e. The van der Waals surface area contributed by atoms with Gasteiger partial charge in [0.2, 0.25) is 0 Å². The van der Waals surface area contributed by atoms with E-state index in [4.69, 9.17) is 5.26 Å². The molecule has 2 aromatic heterocycles. The van der Waals surface area contributed by atoms with Crippen LogP contribution in [0.3, 0.4) is 0 Å². The van der Waals surface area contributed by atoms with Crippen LogP contribution in [0.5, 0.6) is 0 Å². The van der Waals surface area contributed by atoms with Crippen molar-refractivity contribution in [2.24, 2.45) is 0 Å². The number of benzene rings is 1. The fraction of sp³-hybridized carbons (Fsp3) is 0.261. The van der Waals surface area contributed by atoms with Crippen LogP contribution in [0.25, 0.3) is 11.4 Å². The molecule has 0 bridgehead atoms. The minimum absolute atomic E-state index is 0.0458. The first-order valence-corrected chi connectivity index (χ1v) is 9.96. The lowest BCUT2D eigenvalue weighted by molar-refractivity contribution is -0.137. The third kappa shape index (κ3) is 4.59. The number of rotatable bonds is 5. The first kappa shape index (κ1) is 21.4. The van der Waals surface area contributed by atoms with Crippen LogP contribution >= 0.6 is 0 Å². The smallest absolute Gasteiger partial charge is 0.344 e. The van der Waals surface area contributed by atoms with Crippen LogP contribution in [0.15, 0.2) is 48.9 Å². The molecule has 1 fully saturated rings. The second kappa shape index (κ2) is 8.38. The van der Waals surface area contributed by atoms with Crippen LogP contribution in [0.2, 0.25) is 0 Å². The Morgan fingerprint density at radius 3 is 2.53 bits per heavy atom. The van der Waals surface area contributed by atoms with E-state index >= 15 is 0 Å². The summed E-state index contributed by atoms with van der Waals surface area (Å²) in [5.41, 5.74) is 1.32. The summed E-state index contributed by atoms with van der Waals surface area (Å²) in [7, 11) is 0. The molecule has 1 saturated carbocycles. The second-order valence-corrected chi connectivity index (χ2v) is 7.64. The van der Waals surface area contributed by atoms with Gasteiger partial charge in [-0.2, -0.15) is 18.4 Å². The number of nitriles is 1. The average molecular weight is 437 g/mol. The van der Waals surface area contributed by atoms with Crippen molar-refractivity contribution in [3.8, 4) is 17.5 Å². The molecule has 1 amide bonds. The Kier molecular flexibility index (Phi) is 5.61. The zero-order valence-corrected chi connectivity index (χ0v) is 17.0. The molecule has 1 N–H and O–H groups in total. The molecule has 0 aliphatic heterocycles. The van der Waals surface area contributed by atoms with Gasteiger partial charge in [-0.05, 0) is 61.6 Å². The Morgan fingerprint density at radius 2 is 1.91 bits per heavy atom. The van der Waals surface area contributed by atoms with E-state index in [1.54, 1.807) is 19.1 Å². The lowest BCUT2D eigenvalue weighted by Gasteiger charge is -2.17. The lowest BCUT2D eigenvalue weighted by atomic mass is 10.0. The number of aromatic nitrogens is 3. The first-order chi connectivity index (χ1) is 15.3. The molecular formula is C23H18F3N5O. The van der Waals surface area contributed by atoms with E-state index in [0.717, 1.165) is 25.0 Å². The molecule has 32 heavy (non-hydrogen) atoms. The van der Waals surface area contributed by atoms with E-state index in [1.807, 2.05) is 6.07 Å². The van der Waals surface area contributed by atoms with Gasteiger partial charge in [0.15, 0.2) is 0 Å². The molecule has 1 aliphatic rings. The van der Waals surface area contributed by atoms with Gasteiger partial charge in [-0.25, -0.2) is 0 Å². The number of pyridine rings is 1. The van der Waals surface area contributed by atoms with Crippen LogP contribution in [0.1, 0.15) is 64.5 Å². The van der Waals surface area contributed by atoms with Gasteiger partial charge in [-0.1, -0.05) is 0 Å². The highest BCUT2D eigenvalue weighted by molar-refractivity contribution is 5.95. The van der Waals surface area contributed by atoms with Gasteiger partial charge in [0.25, 0.3) is 5.91 Å². The summed E-state index contributed by atoms with van der Waals surface area (Å²) in [5.74, 6) is -0.565. The van der Waals surface area contributed by atoms with Gasteiger partial charge in [0.1, 0.15) is 11.8 Å². The Morgan fingerprint density at radius 1 is 1.16 bits per heavy atom. The van der Waals surface area contributed by atoms with Crippen molar-refractivity contribution in [3.05, 3.63) is 76.9 Å². The van der Waals surface area contributed by atoms with Gasteiger partial charge < -0.3 is 5.32 Å². The molecule has 0 spiro atoms. The maximum absolute atomic E-state index is 13.3. The number of nitrogens with zero attached hydrogens (tertiary/aromatic N) is 4. The molecule has 162 valence electrons. The SMILES string of the molecule is CC(NC(=O)c1cc(C2CC2)cc(C(F)(F)F)c1)c1nccnc1-c1ccc(C#N)cn1. The van der Waals surface area contributed by atoms with E-state index in [2.05, 4.69) is 20.3 Å². The van der Waals surface area contributed by atoms with Crippen molar-refractivity contribution < 1.29 is 18.0 Å². The molecular weight excluding hydrogens is 419 g/mol. The minimum atomic E-state index is -4.54. The lowest BCUT2D eigenvalue weighted by Crippen LogP contribution is -2.28. The summed E-state index contributed by atoms with van der Waals surface area (Å²) >= 11 is 0. The molecule has 1 atom stereocenters. The number of alkyl halides is 3. The normalized spacial score (nSPS) is 14.5. The van der Waals surface area contributed by atoms with E-state index in [1.165, 1.54) is 24.7 Å². The second-order valence-electron chi connectivity index (χ2n) is 7.64. The summed E-state index contributed by atoms with van der Waals surface area (Å²) in [6, 6.07) is 8.05. The van der Waals surface area contributed by atoms with E-state index < -0.39 is 23.7 Å². The number of amides is 1. The Hall–Kier alpha value is -3.80. The number of hydrogen-bond acceptors (Lipinski definition) is 5. The summed E-state index contributed by atoms with van der Waals surface area (Å²) in [4.78, 5) is 25.7. The molecule has 1 aliphatic carbocycles. The van der Waals surface area contributed by atoms with Gasteiger partial charge in [-0.15, -0.1) is 0 Å². The Bertz CT molecular complexity index is 1200. The molecule has 2 heterocycles. The highest BCUT2D eigenvalue weighted by atomic mass is 19.4. The van der Waals surface area contributed by atoms with Crippen molar-refractivity contribution in [3.63, 3.8) is 0 Å². The van der Waals surface area contributed by atoms with E-state index in [-0.39, 0.29) is 11.5 Å². The predicted molar refractivity (Wildman–Crippen MR) is 109 cm³/mol. The van der Waals surface area contributed by atoms with E-state index in [0.29, 0.717) is 28.2 Å². The van der Waals surface area contributed by atoms with Gasteiger partial charge in [0.05, 0.1) is 28.6 Å². The van der Waals surface area contributed by atoms with Crippen molar-refractivity contribution in [1.29, 1.82) is 5.26 Å². The van der Waals surface area contributed by atoms with Gasteiger partial charge in [0, 0.05) is 24.2 Å². The first-order valence-electron chi connectivity index (χ1n) is 9.96. The molecule has 3 aromatic rings. The molecule has 1 aromatic carbocycles. The summed E-state index contributed by atoms with van der Waals surface area (Å²) < 4.78 is 40.0. The summed E-state index contributed by atoms with van der Waals surface area (Å²) in [5, 5.41) is 11.7.